The minimum atomic E-state index is -0.379. The van der Waals surface area contributed by atoms with Crippen molar-refractivity contribution in [1.82, 2.24) is 0 Å². The number of rotatable bonds is 2. The summed E-state index contributed by atoms with van der Waals surface area (Å²) in [5, 5.41) is 2.69. The summed E-state index contributed by atoms with van der Waals surface area (Å²) in [5.41, 5.74) is 6.14. The van der Waals surface area contributed by atoms with E-state index in [0.717, 1.165) is 0 Å². The van der Waals surface area contributed by atoms with Gasteiger partial charge in [0.1, 0.15) is 11.6 Å². The van der Waals surface area contributed by atoms with Gasteiger partial charge in [0.05, 0.1) is 18.5 Å². The van der Waals surface area contributed by atoms with E-state index in [1.165, 1.54) is 19.2 Å². The average molecular weight is 170 g/mol. The lowest BCUT2D eigenvalue weighted by molar-refractivity contribution is 0.416. The van der Waals surface area contributed by atoms with Crippen molar-refractivity contribution in [1.29, 1.82) is 0 Å². The van der Waals surface area contributed by atoms with E-state index in [0.29, 0.717) is 17.1 Å². The molecule has 66 valence electrons. The van der Waals surface area contributed by atoms with Crippen LogP contribution in [0.3, 0.4) is 0 Å². The summed E-state index contributed by atoms with van der Waals surface area (Å²) in [7, 11) is 3.12. The molecule has 0 spiro atoms. The molecule has 3 nitrogen and oxygen atoms in total. The van der Waals surface area contributed by atoms with Crippen molar-refractivity contribution in [3.05, 3.63) is 17.9 Å². The summed E-state index contributed by atoms with van der Waals surface area (Å²) < 4.78 is 17.9. The van der Waals surface area contributed by atoms with Gasteiger partial charge in [-0.25, -0.2) is 4.39 Å². The molecule has 0 saturated carbocycles. The van der Waals surface area contributed by atoms with Crippen LogP contribution in [-0.4, -0.2) is 14.2 Å². The number of halogens is 1. The van der Waals surface area contributed by atoms with Gasteiger partial charge in [0, 0.05) is 19.2 Å². The van der Waals surface area contributed by atoms with Crippen molar-refractivity contribution >= 4 is 11.4 Å². The molecule has 0 bridgehead atoms. The summed E-state index contributed by atoms with van der Waals surface area (Å²) in [6.07, 6.45) is 0. The monoisotopic (exact) mass is 170 g/mol. The lowest BCUT2D eigenvalue weighted by Crippen LogP contribution is -1.98. The third-order valence-electron chi connectivity index (χ3n) is 1.59. The predicted molar refractivity (Wildman–Crippen MR) is 46.9 cm³/mol. The van der Waals surface area contributed by atoms with Crippen LogP contribution in [-0.2, 0) is 0 Å². The first kappa shape index (κ1) is 8.64. The van der Waals surface area contributed by atoms with Crippen LogP contribution in [0.15, 0.2) is 12.1 Å². The smallest absolute Gasteiger partial charge is 0.148 e. The van der Waals surface area contributed by atoms with Crippen molar-refractivity contribution in [2.75, 3.05) is 25.2 Å². The third kappa shape index (κ3) is 1.42. The molecule has 0 fully saturated rings. The molecule has 0 heterocycles. The first-order chi connectivity index (χ1) is 5.69. The van der Waals surface area contributed by atoms with Gasteiger partial charge in [-0.05, 0) is 0 Å². The van der Waals surface area contributed by atoms with Gasteiger partial charge in [0.25, 0.3) is 0 Å². The van der Waals surface area contributed by atoms with E-state index in [1.807, 2.05) is 0 Å². The molecule has 4 heteroatoms. The Bertz CT molecular complexity index is 263. The molecule has 0 saturated heterocycles. The van der Waals surface area contributed by atoms with E-state index in [2.05, 4.69) is 5.32 Å². The molecule has 0 atom stereocenters. The fourth-order valence-electron chi connectivity index (χ4n) is 0.937. The van der Waals surface area contributed by atoms with Gasteiger partial charge in [0.2, 0.25) is 0 Å². The molecule has 0 aliphatic heterocycles. The van der Waals surface area contributed by atoms with E-state index in [9.17, 15) is 4.39 Å². The van der Waals surface area contributed by atoms with Crippen molar-refractivity contribution in [3.63, 3.8) is 0 Å². The topological polar surface area (TPSA) is 47.3 Å². The normalized spacial score (nSPS) is 9.58. The highest BCUT2D eigenvalue weighted by Crippen LogP contribution is 2.27. The fraction of sp³-hybridized carbons (Fsp3) is 0.250. The highest BCUT2D eigenvalue weighted by atomic mass is 19.1. The Labute approximate surface area is 70.3 Å². The SMILES string of the molecule is CNc1cc(OC)c(N)cc1F. The van der Waals surface area contributed by atoms with Crippen molar-refractivity contribution in [2.24, 2.45) is 0 Å². The van der Waals surface area contributed by atoms with E-state index >= 15 is 0 Å². The highest BCUT2D eigenvalue weighted by molar-refractivity contribution is 5.62. The van der Waals surface area contributed by atoms with E-state index in [4.69, 9.17) is 10.5 Å². The second-order valence-electron chi connectivity index (χ2n) is 2.32. The summed E-state index contributed by atoms with van der Waals surface area (Å²) in [4.78, 5) is 0. The number of methoxy groups -OCH3 is 1. The number of anilines is 2. The Morgan fingerprint density at radius 3 is 2.67 bits per heavy atom. The number of ether oxygens (including phenoxy) is 1. The Balaban J connectivity index is 3.18. The van der Waals surface area contributed by atoms with Crippen LogP contribution in [0.2, 0.25) is 0 Å². The van der Waals surface area contributed by atoms with Crippen LogP contribution >= 0.6 is 0 Å². The number of nitrogen functional groups attached to an aromatic ring is 1. The Kier molecular flexibility index (Phi) is 2.38. The number of nitrogens with two attached hydrogens (primary N) is 1. The van der Waals surface area contributed by atoms with Gasteiger partial charge < -0.3 is 15.8 Å². The largest absolute Gasteiger partial charge is 0.495 e. The molecule has 0 amide bonds. The van der Waals surface area contributed by atoms with E-state index in [1.54, 1.807) is 7.05 Å². The minimum Gasteiger partial charge on any atom is -0.495 e. The van der Waals surface area contributed by atoms with Crippen molar-refractivity contribution in [2.45, 2.75) is 0 Å². The van der Waals surface area contributed by atoms with Gasteiger partial charge in [-0.3, -0.25) is 0 Å². The maximum Gasteiger partial charge on any atom is 0.148 e. The second-order valence-corrected chi connectivity index (χ2v) is 2.32. The summed E-state index contributed by atoms with van der Waals surface area (Å²) in [5.74, 6) is 0.0940. The molecular weight excluding hydrogens is 159 g/mol. The highest BCUT2D eigenvalue weighted by Gasteiger charge is 2.05. The molecule has 1 rings (SSSR count). The van der Waals surface area contributed by atoms with Gasteiger partial charge in [-0.15, -0.1) is 0 Å². The second kappa shape index (κ2) is 3.30. The maximum absolute atomic E-state index is 13.0. The molecule has 0 aliphatic carbocycles. The minimum absolute atomic E-state index is 0.300. The average Bonchev–Trinajstić information content (AvgIpc) is 2.05. The maximum atomic E-state index is 13.0. The number of hydrogen-bond acceptors (Lipinski definition) is 3. The van der Waals surface area contributed by atoms with Gasteiger partial charge in [0.15, 0.2) is 0 Å². The predicted octanol–water partition coefficient (Wildman–Crippen LogP) is 1.46. The molecule has 1 aromatic rings. The molecular formula is C8H11FN2O. The number of benzene rings is 1. The zero-order valence-corrected chi connectivity index (χ0v) is 7.02. The van der Waals surface area contributed by atoms with E-state index in [-0.39, 0.29) is 5.82 Å². The first-order valence-electron chi connectivity index (χ1n) is 3.49. The molecule has 0 aromatic heterocycles. The summed E-state index contributed by atoms with van der Waals surface area (Å²) in [6, 6.07) is 2.75. The first-order valence-corrected chi connectivity index (χ1v) is 3.49. The quantitative estimate of drug-likeness (QED) is 0.660. The standard InChI is InChI=1S/C8H11FN2O/c1-11-7-4-8(12-2)6(10)3-5(7)9/h3-4,11H,10H2,1-2H3. The molecule has 0 aliphatic rings. The zero-order valence-electron chi connectivity index (χ0n) is 7.02. The lowest BCUT2D eigenvalue weighted by Gasteiger charge is -2.07. The molecule has 0 unspecified atom stereocenters. The van der Waals surface area contributed by atoms with Crippen LogP contribution < -0.4 is 15.8 Å². The number of hydrogen-bond donors (Lipinski definition) is 2. The third-order valence-corrected chi connectivity index (χ3v) is 1.59. The van der Waals surface area contributed by atoms with Gasteiger partial charge >= 0.3 is 0 Å². The van der Waals surface area contributed by atoms with E-state index < -0.39 is 0 Å². The fourth-order valence-corrected chi connectivity index (χ4v) is 0.937. The van der Waals surface area contributed by atoms with Crippen molar-refractivity contribution in [3.8, 4) is 5.75 Å². The van der Waals surface area contributed by atoms with Gasteiger partial charge in [-0.2, -0.15) is 0 Å². The van der Waals surface area contributed by atoms with Crippen LogP contribution in [0, 0.1) is 5.82 Å². The van der Waals surface area contributed by atoms with Gasteiger partial charge in [-0.1, -0.05) is 0 Å². The van der Waals surface area contributed by atoms with Crippen LogP contribution in [0.25, 0.3) is 0 Å². The zero-order chi connectivity index (χ0) is 9.14. The molecule has 1 aromatic carbocycles. The van der Waals surface area contributed by atoms with Crippen LogP contribution in [0.5, 0.6) is 5.75 Å². The molecule has 12 heavy (non-hydrogen) atoms. The summed E-state index contributed by atoms with van der Waals surface area (Å²) in [6.45, 7) is 0. The van der Waals surface area contributed by atoms with Crippen LogP contribution in [0.4, 0.5) is 15.8 Å². The lowest BCUT2D eigenvalue weighted by atomic mass is 10.2. The summed E-state index contributed by atoms with van der Waals surface area (Å²) >= 11 is 0. The Hall–Kier alpha value is -1.45. The molecule has 0 radical (unpaired) electrons. The molecule has 3 N–H and O–H groups in total. The van der Waals surface area contributed by atoms with Crippen molar-refractivity contribution < 1.29 is 9.13 Å². The Morgan fingerprint density at radius 2 is 2.17 bits per heavy atom. The Morgan fingerprint density at radius 1 is 1.50 bits per heavy atom. The number of nitrogens with one attached hydrogen (secondary N) is 1. The van der Waals surface area contributed by atoms with Crippen LogP contribution in [0.1, 0.15) is 0 Å².